The van der Waals surface area contributed by atoms with Crippen LogP contribution in [0.4, 0.5) is 4.39 Å². The third kappa shape index (κ3) is 7.20. The van der Waals surface area contributed by atoms with Crippen LogP contribution in [0.1, 0.15) is 41.4 Å². The molecule has 1 amide bonds. The van der Waals surface area contributed by atoms with Crippen molar-refractivity contribution in [3.8, 4) is 5.75 Å². The number of aryl methyl sites for hydroxylation is 1. The number of carboxylic acid groups (broad SMARTS) is 1. The predicted molar refractivity (Wildman–Crippen MR) is 122 cm³/mol. The van der Waals surface area contributed by atoms with Crippen molar-refractivity contribution in [2.45, 2.75) is 26.9 Å². The third-order valence-corrected chi connectivity index (χ3v) is 5.18. The zero-order valence-corrected chi connectivity index (χ0v) is 19.0. The molecule has 0 aliphatic rings. The number of nitrogens with zero attached hydrogens (tertiary/aromatic N) is 2. The van der Waals surface area contributed by atoms with Crippen molar-refractivity contribution in [1.82, 2.24) is 9.80 Å². The molecule has 1 N–H and O–H groups in total. The van der Waals surface area contributed by atoms with Gasteiger partial charge in [-0.2, -0.15) is 0 Å². The van der Waals surface area contributed by atoms with Gasteiger partial charge in [-0.25, -0.2) is 9.18 Å². The zero-order valence-electron chi connectivity index (χ0n) is 19.0. The first kappa shape index (κ1) is 25.1. The Kier molecular flexibility index (Phi) is 9.40. The van der Waals surface area contributed by atoms with E-state index in [0.717, 1.165) is 0 Å². The number of benzene rings is 2. The molecule has 0 aliphatic carbocycles. The molecule has 2 aromatic carbocycles. The van der Waals surface area contributed by atoms with Gasteiger partial charge >= 0.3 is 5.97 Å². The minimum Gasteiger partial charge on any atom is -0.484 e. The average Bonchev–Trinajstić information content (AvgIpc) is 2.76. The second-order valence-electron chi connectivity index (χ2n) is 7.62. The highest BCUT2D eigenvalue weighted by Crippen LogP contribution is 2.25. The van der Waals surface area contributed by atoms with E-state index in [4.69, 9.17) is 9.84 Å². The Morgan fingerprint density at radius 3 is 2.41 bits per heavy atom. The van der Waals surface area contributed by atoms with Crippen molar-refractivity contribution < 1.29 is 23.8 Å². The molecule has 0 bridgehead atoms. The Bertz CT molecular complexity index is 943. The smallest absolute Gasteiger partial charge is 0.335 e. The number of amides is 1. The summed E-state index contributed by atoms with van der Waals surface area (Å²) in [6.45, 7) is 7.68. The van der Waals surface area contributed by atoms with Crippen LogP contribution >= 0.6 is 0 Å². The molecule has 0 aromatic heterocycles. The molecule has 0 aliphatic heterocycles. The molecule has 0 spiro atoms. The van der Waals surface area contributed by atoms with Gasteiger partial charge in [-0.15, -0.1) is 0 Å². The lowest BCUT2D eigenvalue weighted by molar-refractivity contribution is -0.126. The van der Waals surface area contributed by atoms with Gasteiger partial charge in [0, 0.05) is 26.2 Å². The number of aromatic carboxylic acids is 1. The second-order valence-corrected chi connectivity index (χ2v) is 7.62. The number of carbonyl (C=O) groups is 2. The average molecular weight is 443 g/mol. The van der Waals surface area contributed by atoms with Gasteiger partial charge in [-0.1, -0.05) is 18.2 Å². The van der Waals surface area contributed by atoms with Crippen LogP contribution in [-0.4, -0.2) is 60.0 Å². The molecule has 0 radical (unpaired) electrons. The number of hydrogen-bond acceptors (Lipinski definition) is 4. The number of hydrogen-bond donors (Lipinski definition) is 1. The Hall–Kier alpha value is -3.19. The van der Waals surface area contributed by atoms with Gasteiger partial charge in [0.05, 0.1) is 5.56 Å². The SMILES string of the molecule is C/C=C/C(=O)N(CC)CCN(C)C[C@H](Oc1ccc(C(=O)O)cc1)c1ccc(C)c(F)c1. The van der Waals surface area contributed by atoms with E-state index in [2.05, 4.69) is 0 Å². The minimum atomic E-state index is -1.01. The first-order chi connectivity index (χ1) is 15.2. The maximum atomic E-state index is 14.2. The molecule has 172 valence electrons. The molecular formula is C25H31FN2O4. The number of carbonyl (C=O) groups excluding carboxylic acids is 1. The Balaban J connectivity index is 2.15. The summed E-state index contributed by atoms with van der Waals surface area (Å²) in [6, 6.07) is 11.1. The van der Waals surface area contributed by atoms with Crippen molar-refractivity contribution in [3.63, 3.8) is 0 Å². The van der Waals surface area contributed by atoms with Crippen molar-refractivity contribution >= 4 is 11.9 Å². The van der Waals surface area contributed by atoms with E-state index in [1.807, 2.05) is 31.9 Å². The molecule has 2 rings (SSSR count). The van der Waals surface area contributed by atoms with E-state index < -0.39 is 12.1 Å². The van der Waals surface area contributed by atoms with Crippen LogP contribution in [0.15, 0.2) is 54.6 Å². The summed E-state index contributed by atoms with van der Waals surface area (Å²) in [5.41, 5.74) is 1.39. The molecule has 0 fully saturated rings. The van der Waals surface area contributed by atoms with E-state index in [-0.39, 0.29) is 17.3 Å². The molecule has 0 unspecified atom stereocenters. The van der Waals surface area contributed by atoms with Gasteiger partial charge in [-0.3, -0.25) is 4.79 Å². The lowest BCUT2D eigenvalue weighted by Gasteiger charge is -2.28. The van der Waals surface area contributed by atoms with Gasteiger partial charge in [0.15, 0.2) is 0 Å². The van der Waals surface area contributed by atoms with Gasteiger partial charge in [0.25, 0.3) is 0 Å². The van der Waals surface area contributed by atoms with Crippen molar-refractivity contribution in [3.05, 3.63) is 77.1 Å². The number of carboxylic acids is 1. The van der Waals surface area contributed by atoms with Gasteiger partial charge in [0.2, 0.25) is 5.91 Å². The summed E-state index contributed by atoms with van der Waals surface area (Å²) in [4.78, 5) is 27.0. The van der Waals surface area contributed by atoms with E-state index in [0.29, 0.717) is 43.1 Å². The van der Waals surface area contributed by atoms with E-state index in [1.54, 1.807) is 42.2 Å². The first-order valence-electron chi connectivity index (χ1n) is 10.6. The minimum absolute atomic E-state index is 0.0321. The van der Waals surface area contributed by atoms with E-state index >= 15 is 0 Å². The lowest BCUT2D eigenvalue weighted by atomic mass is 10.1. The number of halogens is 1. The van der Waals surface area contributed by atoms with Crippen LogP contribution in [0.2, 0.25) is 0 Å². The number of ether oxygens (including phenoxy) is 1. The standard InChI is InChI=1S/C25H31FN2O4/c1-5-7-24(29)28(6-2)15-14-27(4)17-23(20-9-8-18(3)22(26)16-20)32-21-12-10-19(11-13-21)25(30)31/h5,7-13,16,23H,6,14-15,17H2,1-4H3,(H,30,31)/b7-5+/t23-/m0/s1. The monoisotopic (exact) mass is 442 g/mol. The highest BCUT2D eigenvalue weighted by Gasteiger charge is 2.19. The molecule has 7 heteroatoms. The lowest BCUT2D eigenvalue weighted by Crippen LogP contribution is -2.38. The van der Waals surface area contributed by atoms with Crippen molar-refractivity contribution in [1.29, 1.82) is 0 Å². The van der Waals surface area contributed by atoms with Gasteiger partial charge in [-0.05, 0) is 75.4 Å². The number of allylic oxidation sites excluding steroid dienone is 1. The highest BCUT2D eigenvalue weighted by molar-refractivity contribution is 5.88. The van der Waals surface area contributed by atoms with Crippen LogP contribution in [-0.2, 0) is 4.79 Å². The van der Waals surface area contributed by atoms with Crippen LogP contribution in [0.5, 0.6) is 5.75 Å². The molecule has 0 saturated heterocycles. The fraction of sp³-hybridized carbons (Fsp3) is 0.360. The summed E-state index contributed by atoms with van der Waals surface area (Å²) in [7, 11) is 1.92. The quantitative estimate of drug-likeness (QED) is 0.525. The molecule has 32 heavy (non-hydrogen) atoms. The van der Waals surface area contributed by atoms with Gasteiger partial charge < -0.3 is 19.6 Å². The third-order valence-electron chi connectivity index (χ3n) is 5.18. The van der Waals surface area contributed by atoms with Crippen molar-refractivity contribution in [2.75, 3.05) is 33.2 Å². The van der Waals surface area contributed by atoms with Crippen LogP contribution in [0.3, 0.4) is 0 Å². The van der Waals surface area contributed by atoms with Crippen LogP contribution in [0.25, 0.3) is 0 Å². The zero-order chi connectivity index (χ0) is 23.7. The Labute approximate surface area is 188 Å². The Morgan fingerprint density at radius 1 is 1.16 bits per heavy atom. The second kappa shape index (κ2) is 12.0. The van der Waals surface area contributed by atoms with E-state index in [9.17, 15) is 14.0 Å². The summed E-state index contributed by atoms with van der Waals surface area (Å²) in [5.74, 6) is -0.862. The van der Waals surface area contributed by atoms with Crippen molar-refractivity contribution in [2.24, 2.45) is 0 Å². The molecule has 0 heterocycles. The Morgan fingerprint density at radius 2 is 1.84 bits per heavy atom. The molecule has 1 atom stereocenters. The summed E-state index contributed by atoms with van der Waals surface area (Å²) < 4.78 is 20.4. The maximum absolute atomic E-state index is 14.2. The summed E-state index contributed by atoms with van der Waals surface area (Å²) >= 11 is 0. The molecule has 6 nitrogen and oxygen atoms in total. The summed E-state index contributed by atoms with van der Waals surface area (Å²) in [6.07, 6.45) is 2.79. The molecule has 2 aromatic rings. The highest BCUT2D eigenvalue weighted by atomic mass is 19.1. The largest absolute Gasteiger partial charge is 0.484 e. The topological polar surface area (TPSA) is 70.1 Å². The summed E-state index contributed by atoms with van der Waals surface area (Å²) in [5, 5.41) is 9.09. The van der Waals surface area contributed by atoms with E-state index in [1.165, 1.54) is 18.2 Å². The first-order valence-corrected chi connectivity index (χ1v) is 10.6. The van der Waals surface area contributed by atoms with Gasteiger partial charge in [0.1, 0.15) is 17.7 Å². The molecular weight excluding hydrogens is 411 g/mol. The van der Waals surface area contributed by atoms with Crippen LogP contribution < -0.4 is 4.74 Å². The fourth-order valence-corrected chi connectivity index (χ4v) is 3.20. The predicted octanol–water partition coefficient (Wildman–Crippen LogP) is 4.31. The number of likely N-dealkylation sites (N-methyl/N-ethyl adjacent to an activating group) is 2. The number of rotatable bonds is 11. The normalized spacial score (nSPS) is 12.2. The maximum Gasteiger partial charge on any atom is 0.335 e. The fourth-order valence-electron chi connectivity index (χ4n) is 3.20. The van der Waals surface area contributed by atoms with Crippen LogP contribution in [0, 0.1) is 12.7 Å². The molecule has 0 saturated carbocycles.